The van der Waals surface area contributed by atoms with Crippen LogP contribution in [-0.2, 0) is 9.84 Å². The SMILES string of the molecule is CCS(=O)(=O)CCNC(=O)c1cc([N+](=O)[O-])cnc1NC. The zero-order valence-electron chi connectivity index (χ0n) is 11.6. The van der Waals surface area contributed by atoms with Gasteiger partial charge in [0, 0.05) is 25.4 Å². The number of carbonyl (C=O) groups excluding carboxylic acids is 1. The van der Waals surface area contributed by atoms with E-state index >= 15 is 0 Å². The van der Waals surface area contributed by atoms with Crippen LogP contribution in [0.2, 0.25) is 0 Å². The maximum absolute atomic E-state index is 12.0. The van der Waals surface area contributed by atoms with Gasteiger partial charge >= 0.3 is 0 Å². The van der Waals surface area contributed by atoms with Crippen LogP contribution in [0.3, 0.4) is 0 Å². The van der Waals surface area contributed by atoms with Gasteiger partial charge in [0.2, 0.25) is 0 Å². The van der Waals surface area contributed by atoms with Crippen LogP contribution < -0.4 is 10.6 Å². The summed E-state index contributed by atoms with van der Waals surface area (Å²) in [5.74, 6) is -0.645. The summed E-state index contributed by atoms with van der Waals surface area (Å²) >= 11 is 0. The molecule has 9 nitrogen and oxygen atoms in total. The molecule has 0 fully saturated rings. The predicted octanol–water partition coefficient (Wildman–Crippen LogP) is 0.196. The topological polar surface area (TPSA) is 131 Å². The van der Waals surface area contributed by atoms with Crippen LogP contribution in [0.1, 0.15) is 17.3 Å². The van der Waals surface area contributed by atoms with Gasteiger partial charge in [-0.05, 0) is 0 Å². The average Bonchev–Trinajstić information content (AvgIpc) is 2.46. The van der Waals surface area contributed by atoms with Gasteiger partial charge in [-0.25, -0.2) is 13.4 Å². The van der Waals surface area contributed by atoms with Crippen LogP contribution in [0.15, 0.2) is 12.3 Å². The van der Waals surface area contributed by atoms with Crippen LogP contribution >= 0.6 is 0 Å². The smallest absolute Gasteiger partial charge is 0.288 e. The first kappa shape index (κ1) is 16.8. The second kappa shape index (κ2) is 6.97. The molecule has 0 saturated carbocycles. The second-order valence-electron chi connectivity index (χ2n) is 4.09. The summed E-state index contributed by atoms with van der Waals surface area (Å²) in [7, 11) is -1.67. The number of nitrogens with zero attached hydrogens (tertiary/aromatic N) is 2. The van der Waals surface area contributed by atoms with Gasteiger partial charge in [-0.2, -0.15) is 0 Å². The zero-order chi connectivity index (χ0) is 16.0. The van der Waals surface area contributed by atoms with Crippen molar-refractivity contribution in [3.63, 3.8) is 0 Å². The van der Waals surface area contributed by atoms with Gasteiger partial charge < -0.3 is 10.6 Å². The van der Waals surface area contributed by atoms with Gasteiger partial charge in [-0.3, -0.25) is 14.9 Å². The molecule has 0 aliphatic heterocycles. The second-order valence-corrected chi connectivity index (χ2v) is 6.56. The number of carbonyl (C=O) groups is 1. The third-order valence-electron chi connectivity index (χ3n) is 2.70. The molecule has 10 heteroatoms. The summed E-state index contributed by atoms with van der Waals surface area (Å²) in [4.78, 5) is 25.8. The lowest BCUT2D eigenvalue weighted by atomic mass is 10.2. The molecule has 116 valence electrons. The number of hydrogen-bond donors (Lipinski definition) is 2. The van der Waals surface area contributed by atoms with Crippen molar-refractivity contribution in [2.24, 2.45) is 0 Å². The van der Waals surface area contributed by atoms with E-state index in [4.69, 9.17) is 0 Å². The fourth-order valence-electron chi connectivity index (χ4n) is 1.49. The lowest BCUT2D eigenvalue weighted by molar-refractivity contribution is -0.385. The summed E-state index contributed by atoms with van der Waals surface area (Å²) < 4.78 is 22.6. The van der Waals surface area contributed by atoms with Crippen molar-refractivity contribution in [3.05, 3.63) is 27.9 Å². The summed E-state index contributed by atoms with van der Waals surface area (Å²) in [6, 6.07) is 1.09. The molecular formula is C11H16N4O5S. The van der Waals surface area contributed by atoms with Gasteiger partial charge in [-0.1, -0.05) is 6.92 Å². The normalized spacial score (nSPS) is 11.0. The van der Waals surface area contributed by atoms with Crippen molar-refractivity contribution < 1.29 is 18.1 Å². The average molecular weight is 316 g/mol. The highest BCUT2D eigenvalue weighted by Crippen LogP contribution is 2.18. The number of rotatable bonds is 7. The molecule has 0 unspecified atom stereocenters. The van der Waals surface area contributed by atoms with Crippen LogP contribution in [0.25, 0.3) is 0 Å². The number of pyridine rings is 1. The van der Waals surface area contributed by atoms with E-state index in [2.05, 4.69) is 15.6 Å². The van der Waals surface area contributed by atoms with Gasteiger partial charge in [0.1, 0.15) is 12.0 Å². The first-order valence-electron chi connectivity index (χ1n) is 6.11. The Balaban J connectivity index is 2.86. The van der Waals surface area contributed by atoms with Crippen LogP contribution in [0.5, 0.6) is 0 Å². The molecule has 0 saturated heterocycles. The van der Waals surface area contributed by atoms with E-state index in [1.54, 1.807) is 0 Å². The van der Waals surface area contributed by atoms with Crippen molar-refractivity contribution in [1.29, 1.82) is 0 Å². The maximum Gasteiger partial charge on any atom is 0.288 e. The molecule has 1 aromatic rings. The predicted molar refractivity (Wildman–Crippen MR) is 77.1 cm³/mol. The Bertz CT molecular complexity index is 644. The molecule has 1 amide bonds. The highest BCUT2D eigenvalue weighted by Gasteiger charge is 2.18. The molecule has 0 aliphatic rings. The monoisotopic (exact) mass is 316 g/mol. The van der Waals surface area contributed by atoms with Gasteiger partial charge in [0.25, 0.3) is 11.6 Å². The maximum atomic E-state index is 12.0. The number of nitro groups is 1. The van der Waals surface area contributed by atoms with Gasteiger partial charge in [-0.15, -0.1) is 0 Å². The molecule has 0 radical (unpaired) electrons. The molecule has 0 atom stereocenters. The molecule has 0 aromatic carbocycles. The summed E-state index contributed by atoms with van der Waals surface area (Å²) in [5.41, 5.74) is -0.332. The van der Waals surface area contributed by atoms with Crippen molar-refractivity contribution >= 4 is 27.2 Å². The molecule has 2 N–H and O–H groups in total. The summed E-state index contributed by atoms with van der Waals surface area (Å²) in [5, 5.41) is 15.8. The lowest BCUT2D eigenvalue weighted by Gasteiger charge is -2.08. The Morgan fingerprint density at radius 3 is 2.67 bits per heavy atom. The third-order valence-corrected chi connectivity index (χ3v) is 4.41. The largest absolute Gasteiger partial charge is 0.372 e. The minimum atomic E-state index is -3.19. The van der Waals surface area contributed by atoms with Crippen LogP contribution in [0.4, 0.5) is 11.5 Å². The molecule has 0 bridgehead atoms. The van der Waals surface area contributed by atoms with E-state index in [-0.39, 0.29) is 35.1 Å². The highest BCUT2D eigenvalue weighted by atomic mass is 32.2. The van der Waals surface area contributed by atoms with Gasteiger partial charge in [0.15, 0.2) is 9.84 Å². The van der Waals surface area contributed by atoms with Crippen molar-refractivity contribution in [1.82, 2.24) is 10.3 Å². The number of sulfone groups is 1. The van der Waals surface area contributed by atoms with E-state index in [1.165, 1.54) is 14.0 Å². The zero-order valence-corrected chi connectivity index (χ0v) is 12.4. The molecule has 0 spiro atoms. The van der Waals surface area contributed by atoms with Gasteiger partial charge in [0.05, 0.1) is 16.2 Å². The first-order valence-corrected chi connectivity index (χ1v) is 7.93. The quantitative estimate of drug-likeness (QED) is 0.542. The van der Waals surface area contributed by atoms with Crippen molar-refractivity contribution in [2.75, 3.05) is 30.4 Å². The van der Waals surface area contributed by atoms with E-state index in [0.717, 1.165) is 12.3 Å². The molecule has 1 rings (SSSR count). The van der Waals surface area contributed by atoms with E-state index in [0.29, 0.717) is 0 Å². The fourth-order valence-corrected chi connectivity index (χ4v) is 2.19. The Morgan fingerprint density at radius 1 is 1.48 bits per heavy atom. The Labute approximate surface area is 121 Å². The molecule has 0 aliphatic carbocycles. The number of aromatic nitrogens is 1. The first-order chi connectivity index (χ1) is 9.80. The summed E-state index contributed by atoms with van der Waals surface area (Å²) in [6.07, 6.45) is 1.03. The molecule has 21 heavy (non-hydrogen) atoms. The number of anilines is 1. The van der Waals surface area contributed by atoms with E-state index in [1.807, 2.05) is 0 Å². The van der Waals surface area contributed by atoms with Crippen molar-refractivity contribution in [2.45, 2.75) is 6.92 Å². The number of hydrogen-bond acceptors (Lipinski definition) is 7. The van der Waals surface area contributed by atoms with E-state index in [9.17, 15) is 23.3 Å². The van der Waals surface area contributed by atoms with Crippen LogP contribution in [-0.4, -0.2) is 49.3 Å². The molecule has 1 aromatic heterocycles. The number of nitrogens with one attached hydrogen (secondary N) is 2. The summed E-state index contributed by atoms with van der Waals surface area (Å²) in [6.45, 7) is 1.45. The standard InChI is InChI=1S/C11H16N4O5S/c1-3-21(19,20)5-4-13-11(16)9-6-8(15(17)18)7-14-10(9)12-2/h6-7H,3-5H2,1-2H3,(H,12,14)(H,13,16). The van der Waals surface area contributed by atoms with Crippen molar-refractivity contribution in [3.8, 4) is 0 Å². The third kappa shape index (κ3) is 4.67. The minimum Gasteiger partial charge on any atom is -0.372 e. The highest BCUT2D eigenvalue weighted by molar-refractivity contribution is 7.91. The molecular weight excluding hydrogens is 300 g/mol. The molecule has 1 heterocycles. The Hall–Kier alpha value is -2.23. The lowest BCUT2D eigenvalue weighted by Crippen LogP contribution is -2.30. The number of amides is 1. The van der Waals surface area contributed by atoms with E-state index < -0.39 is 20.7 Å². The van der Waals surface area contributed by atoms with Crippen LogP contribution in [0, 0.1) is 10.1 Å². The fraction of sp³-hybridized carbons (Fsp3) is 0.455. The Morgan fingerprint density at radius 2 is 2.14 bits per heavy atom. The minimum absolute atomic E-state index is 0.0109. The Kier molecular flexibility index (Phi) is 5.59.